The molecule has 0 saturated carbocycles. The molecule has 0 aliphatic heterocycles. The number of phenols is 1. The van der Waals surface area contributed by atoms with Gasteiger partial charge in [-0.3, -0.25) is 4.79 Å². The molecule has 2 aromatic carbocycles. The Morgan fingerprint density at radius 3 is 1.86 bits per heavy atom. The zero-order valence-corrected chi connectivity index (χ0v) is 12.5. The Bertz CT molecular complexity index is 597. The minimum absolute atomic E-state index is 0.0678. The van der Waals surface area contributed by atoms with Crippen LogP contribution in [0.4, 0.5) is 0 Å². The van der Waals surface area contributed by atoms with E-state index in [9.17, 15) is 9.90 Å². The minimum Gasteiger partial charge on any atom is -0.508 e. The van der Waals surface area contributed by atoms with Crippen LogP contribution in [0, 0.1) is 0 Å². The summed E-state index contributed by atoms with van der Waals surface area (Å²) in [6.45, 7) is 5.53. The molecule has 0 fully saturated rings. The third kappa shape index (κ3) is 3.85. The topological polar surface area (TPSA) is 46.5 Å². The summed E-state index contributed by atoms with van der Waals surface area (Å²) in [6.07, 6.45) is 0.122. The van der Waals surface area contributed by atoms with Crippen LogP contribution in [0.2, 0.25) is 0 Å². The molecule has 0 aliphatic carbocycles. The van der Waals surface area contributed by atoms with E-state index in [1.54, 1.807) is 31.2 Å². The van der Waals surface area contributed by atoms with Crippen LogP contribution >= 0.6 is 0 Å². The summed E-state index contributed by atoms with van der Waals surface area (Å²) in [6, 6.07) is 14.3. The number of ketones is 1. The summed E-state index contributed by atoms with van der Waals surface area (Å²) in [7, 11) is 0. The molecule has 0 aliphatic rings. The molecule has 0 amide bonds. The molecule has 0 aromatic heterocycles. The second-order valence-electron chi connectivity index (χ2n) is 5.37. The lowest BCUT2D eigenvalue weighted by Crippen LogP contribution is -2.11. The predicted molar refractivity (Wildman–Crippen MR) is 82.8 cm³/mol. The van der Waals surface area contributed by atoms with E-state index in [1.807, 2.05) is 38.1 Å². The van der Waals surface area contributed by atoms with Crippen LogP contribution in [0.1, 0.15) is 37.8 Å². The molecule has 1 N–H and O–H groups in total. The van der Waals surface area contributed by atoms with Gasteiger partial charge in [-0.05, 0) is 56.2 Å². The zero-order chi connectivity index (χ0) is 15.4. The lowest BCUT2D eigenvalue weighted by Gasteiger charge is -2.16. The zero-order valence-electron chi connectivity index (χ0n) is 12.5. The lowest BCUT2D eigenvalue weighted by atomic mass is 9.88. The first-order chi connectivity index (χ1) is 9.97. The maximum atomic E-state index is 12.0. The summed E-state index contributed by atoms with van der Waals surface area (Å²) in [4.78, 5) is 12.0. The van der Waals surface area contributed by atoms with E-state index in [-0.39, 0.29) is 23.6 Å². The van der Waals surface area contributed by atoms with Crippen molar-refractivity contribution in [2.45, 2.75) is 32.8 Å². The highest BCUT2D eigenvalue weighted by molar-refractivity contribution is 5.87. The van der Waals surface area contributed by atoms with Gasteiger partial charge in [0.15, 0.2) is 0 Å². The molecule has 110 valence electrons. The van der Waals surface area contributed by atoms with Crippen molar-refractivity contribution in [3.63, 3.8) is 0 Å². The molecule has 0 spiro atoms. The molecule has 0 radical (unpaired) electrons. The van der Waals surface area contributed by atoms with Gasteiger partial charge in [-0.25, -0.2) is 0 Å². The van der Waals surface area contributed by atoms with Gasteiger partial charge in [-0.15, -0.1) is 0 Å². The second-order valence-corrected chi connectivity index (χ2v) is 5.37. The lowest BCUT2D eigenvalue weighted by molar-refractivity contribution is -0.117. The minimum atomic E-state index is -0.321. The van der Waals surface area contributed by atoms with E-state index in [0.717, 1.165) is 16.9 Å². The van der Waals surface area contributed by atoms with Crippen LogP contribution in [0.5, 0.6) is 11.5 Å². The van der Waals surface area contributed by atoms with E-state index in [1.165, 1.54) is 0 Å². The predicted octanol–water partition coefficient (Wildman–Crippen LogP) is 3.90. The number of carbonyl (C=O) groups excluding carboxylic acids is 1. The van der Waals surface area contributed by atoms with Crippen LogP contribution in [0.25, 0.3) is 0 Å². The Labute approximate surface area is 125 Å². The summed E-state index contributed by atoms with van der Waals surface area (Å²) in [5.74, 6) is 0.736. The van der Waals surface area contributed by atoms with Crippen molar-refractivity contribution in [1.82, 2.24) is 0 Å². The molecule has 3 heteroatoms. The number of phenolic OH excluding ortho intramolecular Hbond substituents is 1. The molecule has 0 heterocycles. The largest absolute Gasteiger partial charge is 0.508 e. The maximum absolute atomic E-state index is 12.0. The molecule has 21 heavy (non-hydrogen) atoms. The van der Waals surface area contributed by atoms with Crippen molar-refractivity contribution >= 4 is 5.78 Å². The first-order valence-electron chi connectivity index (χ1n) is 7.03. The highest BCUT2D eigenvalue weighted by Gasteiger charge is 2.19. The Kier molecular flexibility index (Phi) is 4.63. The fourth-order valence-corrected chi connectivity index (χ4v) is 2.34. The molecule has 0 bridgehead atoms. The van der Waals surface area contributed by atoms with E-state index in [4.69, 9.17) is 4.74 Å². The number of rotatable bonds is 5. The van der Waals surface area contributed by atoms with Gasteiger partial charge >= 0.3 is 0 Å². The molecule has 1 unspecified atom stereocenters. The molecule has 0 saturated heterocycles. The third-order valence-corrected chi connectivity index (χ3v) is 3.22. The Morgan fingerprint density at radius 1 is 0.952 bits per heavy atom. The Morgan fingerprint density at radius 2 is 1.43 bits per heavy atom. The van der Waals surface area contributed by atoms with E-state index in [2.05, 4.69) is 0 Å². The van der Waals surface area contributed by atoms with Crippen LogP contribution < -0.4 is 4.74 Å². The van der Waals surface area contributed by atoms with Crippen LogP contribution in [-0.4, -0.2) is 17.0 Å². The molecular weight excluding hydrogens is 264 g/mol. The first kappa shape index (κ1) is 15.1. The molecule has 1 atom stereocenters. The highest BCUT2D eigenvalue weighted by atomic mass is 16.5. The number of hydrogen-bond acceptors (Lipinski definition) is 3. The van der Waals surface area contributed by atoms with E-state index >= 15 is 0 Å². The average Bonchev–Trinajstić information content (AvgIpc) is 2.42. The summed E-state index contributed by atoms with van der Waals surface area (Å²) in [5.41, 5.74) is 1.79. The number of ether oxygens (including phenoxy) is 1. The fourth-order valence-electron chi connectivity index (χ4n) is 2.34. The molecular formula is C18H20O3. The second kappa shape index (κ2) is 6.44. The number of hydrogen-bond donors (Lipinski definition) is 1. The number of aromatic hydroxyl groups is 1. The van der Waals surface area contributed by atoms with Crippen LogP contribution in [-0.2, 0) is 4.79 Å². The first-order valence-corrected chi connectivity index (χ1v) is 7.03. The fraction of sp³-hybridized carbons (Fsp3) is 0.278. The van der Waals surface area contributed by atoms with E-state index in [0.29, 0.717) is 0 Å². The molecule has 2 aromatic rings. The standard InChI is InChI=1S/C18H20O3/c1-12(2)21-17-10-6-15(7-11-17)18(13(3)19)14-4-8-16(20)9-5-14/h4-12,18,20H,1-3H3. The van der Waals surface area contributed by atoms with Gasteiger partial charge in [0.25, 0.3) is 0 Å². The van der Waals surface area contributed by atoms with Crippen LogP contribution in [0.3, 0.4) is 0 Å². The molecule has 3 nitrogen and oxygen atoms in total. The van der Waals surface area contributed by atoms with Gasteiger partial charge in [0.2, 0.25) is 0 Å². The summed E-state index contributed by atoms with van der Waals surface area (Å²) in [5, 5.41) is 9.37. The number of carbonyl (C=O) groups is 1. The number of benzene rings is 2. The third-order valence-electron chi connectivity index (χ3n) is 3.22. The average molecular weight is 284 g/mol. The van der Waals surface area contributed by atoms with Crippen LogP contribution in [0.15, 0.2) is 48.5 Å². The van der Waals surface area contributed by atoms with Gasteiger partial charge < -0.3 is 9.84 Å². The van der Waals surface area contributed by atoms with Crippen molar-refractivity contribution in [2.75, 3.05) is 0 Å². The highest BCUT2D eigenvalue weighted by Crippen LogP contribution is 2.28. The van der Waals surface area contributed by atoms with Crippen molar-refractivity contribution in [3.8, 4) is 11.5 Å². The van der Waals surface area contributed by atoms with Crippen molar-refractivity contribution in [2.24, 2.45) is 0 Å². The Hall–Kier alpha value is -2.29. The SMILES string of the molecule is CC(=O)C(c1ccc(O)cc1)c1ccc(OC(C)C)cc1. The summed E-state index contributed by atoms with van der Waals surface area (Å²) >= 11 is 0. The number of Topliss-reactive ketones (excluding diaryl/α,β-unsaturated/α-hetero) is 1. The summed E-state index contributed by atoms with van der Waals surface area (Å²) < 4.78 is 5.61. The van der Waals surface area contributed by atoms with Crippen molar-refractivity contribution < 1.29 is 14.6 Å². The van der Waals surface area contributed by atoms with Gasteiger partial charge in [0.1, 0.15) is 17.3 Å². The smallest absolute Gasteiger partial charge is 0.141 e. The quantitative estimate of drug-likeness (QED) is 0.905. The van der Waals surface area contributed by atoms with Crippen molar-refractivity contribution in [1.29, 1.82) is 0 Å². The van der Waals surface area contributed by atoms with Gasteiger partial charge in [-0.1, -0.05) is 24.3 Å². The maximum Gasteiger partial charge on any atom is 0.141 e. The van der Waals surface area contributed by atoms with Gasteiger partial charge in [-0.2, -0.15) is 0 Å². The van der Waals surface area contributed by atoms with E-state index < -0.39 is 0 Å². The molecule has 2 rings (SSSR count). The van der Waals surface area contributed by atoms with Crippen molar-refractivity contribution in [3.05, 3.63) is 59.7 Å². The van der Waals surface area contributed by atoms with Gasteiger partial charge in [0.05, 0.1) is 12.0 Å². The normalized spacial score (nSPS) is 12.2. The monoisotopic (exact) mass is 284 g/mol. The Balaban J connectivity index is 2.30. The van der Waals surface area contributed by atoms with Gasteiger partial charge in [0, 0.05) is 0 Å².